The minimum atomic E-state index is -0.640. The van der Waals surface area contributed by atoms with Gasteiger partial charge < -0.3 is 16.0 Å². The molecule has 3 N–H and O–H groups in total. The molecular weight excluding hydrogens is 426 g/mol. The average molecular weight is 460 g/mol. The van der Waals surface area contributed by atoms with Crippen molar-refractivity contribution in [1.82, 2.24) is 10.6 Å². The fourth-order valence-electron chi connectivity index (χ4n) is 3.78. The molecule has 0 radical (unpaired) electrons. The molecule has 0 saturated carbocycles. The van der Waals surface area contributed by atoms with Crippen LogP contribution in [0, 0.1) is 5.92 Å². The molecule has 2 unspecified atom stereocenters. The molecule has 178 valence electrons. The Hall–Kier alpha value is -3.67. The molecule has 6 heteroatoms. The first-order chi connectivity index (χ1) is 16.3. The lowest BCUT2D eigenvalue weighted by Gasteiger charge is -2.24. The van der Waals surface area contributed by atoms with Crippen molar-refractivity contribution in [3.05, 3.63) is 77.9 Å². The highest BCUT2D eigenvalue weighted by Gasteiger charge is 2.25. The van der Waals surface area contributed by atoms with Crippen LogP contribution in [0.5, 0.6) is 0 Å². The number of fused-ring (bicyclic) bond motifs is 1. The summed E-state index contributed by atoms with van der Waals surface area (Å²) >= 11 is 0. The topological polar surface area (TPSA) is 87.3 Å². The van der Waals surface area contributed by atoms with Crippen molar-refractivity contribution in [1.29, 1.82) is 0 Å². The lowest BCUT2D eigenvalue weighted by molar-refractivity contribution is -0.130. The van der Waals surface area contributed by atoms with Gasteiger partial charge in [-0.1, -0.05) is 75.4 Å². The lowest BCUT2D eigenvalue weighted by atomic mass is 10.0. The fourth-order valence-corrected chi connectivity index (χ4v) is 3.78. The zero-order valence-corrected chi connectivity index (χ0v) is 20.2. The monoisotopic (exact) mass is 459 g/mol. The molecule has 0 heterocycles. The van der Waals surface area contributed by atoms with E-state index in [0.29, 0.717) is 6.42 Å². The Bertz CT molecular complexity index is 1160. The summed E-state index contributed by atoms with van der Waals surface area (Å²) in [6.07, 6.45) is 0.624. The predicted molar refractivity (Wildman–Crippen MR) is 136 cm³/mol. The van der Waals surface area contributed by atoms with Crippen molar-refractivity contribution in [2.24, 2.45) is 5.92 Å². The first kappa shape index (κ1) is 25.0. The van der Waals surface area contributed by atoms with Crippen LogP contribution in [0.1, 0.15) is 51.3 Å². The third-order valence-electron chi connectivity index (χ3n) is 5.82. The third-order valence-corrected chi connectivity index (χ3v) is 5.82. The number of rotatable bonds is 9. The van der Waals surface area contributed by atoms with Gasteiger partial charge >= 0.3 is 0 Å². The van der Waals surface area contributed by atoms with E-state index < -0.39 is 6.04 Å². The second-order valence-corrected chi connectivity index (χ2v) is 8.90. The van der Waals surface area contributed by atoms with Gasteiger partial charge in [0, 0.05) is 12.1 Å². The summed E-state index contributed by atoms with van der Waals surface area (Å²) in [7, 11) is 0. The number of carbonyl (C=O) groups excluding carboxylic acids is 3. The molecule has 0 aliphatic carbocycles. The van der Waals surface area contributed by atoms with E-state index in [1.165, 1.54) is 0 Å². The Balaban J connectivity index is 1.60. The first-order valence-electron chi connectivity index (χ1n) is 11.7. The number of anilines is 1. The van der Waals surface area contributed by atoms with E-state index in [0.717, 1.165) is 27.6 Å². The summed E-state index contributed by atoms with van der Waals surface area (Å²) in [4.78, 5) is 37.3. The molecule has 3 aromatic rings. The van der Waals surface area contributed by atoms with Gasteiger partial charge in [-0.25, -0.2) is 0 Å². The van der Waals surface area contributed by atoms with E-state index >= 15 is 0 Å². The summed E-state index contributed by atoms with van der Waals surface area (Å²) < 4.78 is 0. The van der Waals surface area contributed by atoms with Gasteiger partial charge in [0.1, 0.15) is 6.04 Å². The minimum absolute atomic E-state index is 0.0479. The smallest absolute Gasteiger partial charge is 0.243 e. The fraction of sp³-hybridized carbons (Fsp3) is 0.321. The number of amides is 3. The number of nitrogens with one attached hydrogen (secondary N) is 3. The molecule has 0 fully saturated rings. The molecule has 0 bridgehead atoms. The van der Waals surface area contributed by atoms with Gasteiger partial charge in [-0.3, -0.25) is 14.4 Å². The van der Waals surface area contributed by atoms with E-state index in [-0.39, 0.29) is 36.1 Å². The number of benzene rings is 3. The van der Waals surface area contributed by atoms with Crippen LogP contribution in [0.3, 0.4) is 0 Å². The zero-order valence-electron chi connectivity index (χ0n) is 20.2. The molecule has 0 spiro atoms. The maximum absolute atomic E-state index is 13.0. The van der Waals surface area contributed by atoms with E-state index in [9.17, 15) is 14.4 Å². The Kier molecular flexibility index (Phi) is 8.41. The number of hydrogen-bond acceptors (Lipinski definition) is 3. The largest absolute Gasteiger partial charge is 0.348 e. The average Bonchev–Trinajstić information content (AvgIpc) is 2.82. The summed E-state index contributed by atoms with van der Waals surface area (Å²) in [6.45, 7) is 7.52. The molecule has 34 heavy (non-hydrogen) atoms. The number of hydrogen-bond donors (Lipinski definition) is 3. The molecule has 3 rings (SSSR count). The van der Waals surface area contributed by atoms with Crippen LogP contribution >= 0.6 is 0 Å². The molecule has 3 aromatic carbocycles. The van der Waals surface area contributed by atoms with Gasteiger partial charge in [-0.2, -0.15) is 0 Å². The molecule has 0 aliphatic heterocycles. The van der Waals surface area contributed by atoms with Crippen LogP contribution in [0.4, 0.5) is 5.69 Å². The van der Waals surface area contributed by atoms with Crippen molar-refractivity contribution >= 4 is 34.2 Å². The quantitative estimate of drug-likeness (QED) is 0.432. The van der Waals surface area contributed by atoms with Crippen LogP contribution in [0.25, 0.3) is 10.8 Å². The highest BCUT2D eigenvalue weighted by atomic mass is 16.2. The van der Waals surface area contributed by atoms with Crippen LogP contribution in [-0.2, 0) is 20.8 Å². The molecule has 0 saturated heterocycles. The molecule has 0 aliphatic rings. The Labute approximate surface area is 201 Å². The maximum Gasteiger partial charge on any atom is 0.243 e. The lowest BCUT2D eigenvalue weighted by Crippen LogP contribution is -2.50. The first-order valence-corrected chi connectivity index (χ1v) is 11.7. The normalized spacial score (nSPS) is 12.7. The van der Waals surface area contributed by atoms with E-state index in [4.69, 9.17) is 0 Å². The van der Waals surface area contributed by atoms with Crippen LogP contribution in [0.2, 0.25) is 0 Å². The third kappa shape index (κ3) is 6.67. The van der Waals surface area contributed by atoms with E-state index in [1.54, 1.807) is 6.92 Å². The molecular formula is C28H33N3O3. The Morgan fingerprint density at radius 1 is 0.794 bits per heavy atom. The Morgan fingerprint density at radius 3 is 2.12 bits per heavy atom. The van der Waals surface area contributed by atoms with Crippen LogP contribution in [-0.4, -0.2) is 23.8 Å². The van der Waals surface area contributed by atoms with Gasteiger partial charge in [0.25, 0.3) is 0 Å². The highest BCUT2D eigenvalue weighted by molar-refractivity contribution is 5.91. The van der Waals surface area contributed by atoms with Gasteiger partial charge in [-0.05, 0) is 46.9 Å². The van der Waals surface area contributed by atoms with Gasteiger partial charge in [0.05, 0.1) is 12.5 Å². The van der Waals surface area contributed by atoms with Crippen molar-refractivity contribution < 1.29 is 14.4 Å². The van der Waals surface area contributed by atoms with Crippen LogP contribution < -0.4 is 16.0 Å². The predicted octanol–water partition coefficient (Wildman–Crippen LogP) is 4.75. The summed E-state index contributed by atoms with van der Waals surface area (Å²) in [6, 6.07) is 20.5. The number of carbonyl (C=O) groups is 3. The van der Waals surface area contributed by atoms with E-state index in [1.807, 2.05) is 87.5 Å². The van der Waals surface area contributed by atoms with Gasteiger partial charge in [0.2, 0.25) is 17.7 Å². The SMILES string of the molecule is CCC(=O)Nc1ccc(C(C)NC(=O)C(NC(=O)Cc2ccc3ccccc3c2)C(C)C)cc1. The minimum Gasteiger partial charge on any atom is -0.348 e. The van der Waals surface area contributed by atoms with Crippen molar-refractivity contribution in [3.63, 3.8) is 0 Å². The summed E-state index contributed by atoms with van der Waals surface area (Å²) in [5, 5.41) is 10.9. The Morgan fingerprint density at radius 2 is 1.47 bits per heavy atom. The van der Waals surface area contributed by atoms with Crippen molar-refractivity contribution in [2.75, 3.05) is 5.32 Å². The maximum atomic E-state index is 13.0. The zero-order chi connectivity index (χ0) is 24.7. The van der Waals surface area contributed by atoms with Crippen molar-refractivity contribution in [2.45, 2.75) is 52.6 Å². The summed E-state index contributed by atoms with van der Waals surface area (Å²) in [5.41, 5.74) is 2.53. The van der Waals surface area contributed by atoms with Gasteiger partial charge in [-0.15, -0.1) is 0 Å². The molecule has 6 nitrogen and oxygen atoms in total. The molecule has 0 aromatic heterocycles. The highest BCUT2D eigenvalue weighted by Crippen LogP contribution is 2.18. The van der Waals surface area contributed by atoms with Gasteiger partial charge in [0.15, 0.2) is 0 Å². The molecule has 2 atom stereocenters. The summed E-state index contributed by atoms with van der Waals surface area (Å²) in [5.74, 6) is -0.529. The van der Waals surface area contributed by atoms with Crippen molar-refractivity contribution in [3.8, 4) is 0 Å². The van der Waals surface area contributed by atoms with Crippen LogP contribution in [0.15, 0.2) is 66.7 Å². The standard InChI is InChI=1S/C28H33N3O3/c1-5-25(32)30-24-14-12-21(13-15-24)19(4)29-28(34)27(18(2)3)31-26(33)17-20-10-11-22-8-6-7-9-23(22)16-20/h6-16,18-19,27H,5,17H2,1-4H3,(H,29,34)(H,30,32)(H,31,33). The van der Waals surface area contributed by atoms with E-state index in [2.05, 4.69) is 16.0 Å². The second kappa shape index (κ2) is 11.5. The second-order valence-electron chi connectivity index (χ2n) is 8.90. The molecule has 3 amide bonds.